The molecule has 3 heteroatoms. The van der Waals surface area contributed by atoms with E-state index in [1.54, 1.807) is 0 Å². The first kappa shape index (κ1) is 14.5. The van der Waals surface area contributed by atoms with E-state index in [1.165, 1.54) is 11.3 Å². The molecule has 0 fully saturated rings. The van der Waals surface area contributed by atoms with Gasteiger partial charge in [0.2, 0.25) is 0 Å². The summed E-state index contributed by atoms with van der Waals surface area (Å²) in [5.74, 6) is 0.663. The van der Waals surface area contributed by atoms with Gasteiger partial charge < -0.3 is 10.6 Å². The van der Waals surface area contributed by atoms with Crippen LogP contribution < -0.4 is 10.6 Å². The lowest BCUT2D eigenvalue weighted by molar-refractivity contribution is 0.638. The molecule has 0 saturated carbocycles. The van der Waals surface area contributed by atoms with Crippen LogP contribution in [0.1, 0.15) is 26.3 Å². The van der Waals surface area contributed by atoms with Crippen LogP contribution in [0.4, 0.5) is 5.69 Å². The standard InChI is InChI=1S/C14H23BrN2/c1-10(2)9-17(4)14-6-5-12(7-11(3)16)8-13(14)15/h5-6,8,10-11H,7,9,16H2,1-4H3. The lowest BCUT2D eigenvalue weighted by atomic mass is 10.1. The molecule has 1 atom stereocenters. The summed E-state index contributed by atoms with van der Waals surface area (Å²) in [6, 6.07) is 6.72. The number of rotatable bonds is 5. The molecule has 2 nitrogen and oxygen atoms in total. The summed E-state index contributed by atoms with van der Waals surface area (Å²) in [5.41, 5.74) is 8.34. The molecule has 1 rings (SSSR count). The van der Waals surface area contributed by atoms with Crippen LogP contribution in [0.5, 0.6) is 0 Å². The molecule has 0 amide bonds. The molecule has 0 aromatic heterocycles. The summed E-state index contributed by atoms with van der Waals surface area (Å²) < 4.78 is 1.15. The third-order valence-electron chi connectivity index (χ3n) is 2.62. The Bertz CT molecular complexity index is 361. The zero-order valence-corrected chi connectivity index (χ0v) is 12.8. The molecule has 0 saturated heterocycles. The van der Waals surface area contributed by atoms with Crippen molar-refractivity contribution in [1.29, 1.82) is 0 Å². The van der Waals surface area contributed by atoms with E-state index in [4.69, 9.17) is 5.73 Å². The average molecular weight is 299 g/mol. The maximum absolute atomic E-state index is 5.81. The van der Waals surface area contributed by atoms with Gasteiger partial charge in [0.15, 0.2) is 0 Å². The molecule has 1 unspecified atom stereocenters. The highest BCUT2D eigenvalue weighted by Crippen LogP contribution is 2.27. The molecule has 0 aliphatic carbocycles. The predicted octanol–water partition coefficient (Wildman–Crippen LogP) is 3.43. The molecule has 96 valence electrons. The monoisotopic (exact) mass is 298 g/mol. The van der Waals surface area contributed by atoms with Crippen LogP contribution in [0, 0.1) is 5.92 Å². The lowest BCUT2D eigenvalue weighted by Gasteiger charge is -2.23. The number of nitrogens with zero attached hydrogens (tertiary/aromatic N) is 1. The maximum Gasteiger partial charge on any atom is 0.0508 e. The van der Waals surface area contributed by atoms with E-state index in [0.29, 0.717) is 5.92 Å². The molecule has 0 aliphatic heterocycles. The Kier molecular flexibility index (Phi) is 5.47. The number of anilines is 1. The molecule has 0 heterocycles. The first-order chi connectivity index (χ1) is 7.90. The van der Waals surface area contributed by atoms with Crippen molar-refractivity contribution in [2.45, 2.75) is 33.2 Å². The highest BCUT2D eigenvalue weighted by molar-refractivity contribution is 9.10. The van der Waals surface area contributed by atoms with Gasteiger partial charge in [-0.1, -0.05) is 19.9 Å². The van der Waals surface area contributed by atoms with Gasteiger partial charge in [0.05, 0.1) is 5.69 Å². The number of halogens is 1. The Morgan fingerprint density at radius 3 is 2.41 bits per heavy atom. The van der Waals surface area contributed by atoms with Gasteiger partial charge in [-0.3, -0.25) is 0 Å². The van der Waals surface area contributed by atoms with Crippen molar-refractivity contribution in [2.24, 2.45) is 11.7 Å². The Morgan fingerprint density at radius 2 is 1.94 bits per heavy atom. The average Bonchev–Trinajstić information content (AvgIpc) is 2.14. The third kappa shape index (κ3) is 4.68. The van der Waals surface area contributed by atoms with E-state index < -0.39 is 0 Å². The molecule has 1 aromatic rings. The Hall–Kier alpha value is -0.540. The summed E-state index contributed by atoms with van der Waals surface area (Å²) in [4.78, 5) is 2.28. The van der Waals surface area contributed by atoms with Crippen LogP contribution in [0.25, 0.3) is 0 Å². The first-order valence-corrected chi connectivity index (χ1v) is 6.94. The van der Waals surface area contributed by atoms with Crippen LogP contribution in [-0.4, -0.2) is 19.6 Å². The number of benzene rings is 1. The number of nitrogens with two attached hydrogens (primary N) is 1. The van der Waals surface area contributed by atoms with Gasteiger partial charge >= 0.3 is 0 Å². The number of hydrogen-bond donors (Lipinski definition) is 1. The first-order valence-electron chi connectivity index (χ1n) is 6.15. The van der Waals surface area contributed by atoms with E-state index in [-0.39, 0.29) is 6.04 Å². The SMILES string of the molecule is CC(C)CN(C)c1ccc(CC(C)N)cc1Br. The molecular formula is C14H23BrN2. The second kappa shape index (κ2) is 6.41. The topological polar surface area (TPSA) is 29.3 Å². The van der Waals surface area contributed by atoms with Crippen molar-refractivity contribution in [1.82, 2.24) is 0 Å². The minimum Gasteiger partial charge on any atom is -0.373 e. The maximum atomic E-state index is 5.81. The van der Waals surface area contributed by atoms with Crippen molar-refractivity contribution in [3.63, 3.8) is 0 Å². The zero-order valence-electron chi connectivity index (χ0n) is 11.2. The van der Waals surface area contributed by atoms with E-state index in [2.05, 4.69) is 59.9 Å². The molecule has 0 spiro atoms. The molecular weight excluding hydrogens is 276 g/mol. The largest absolute Gasteiger partial charge is 0.373 e. The molecule has 0 bridgehead atoms. The molecule has 17 heavy (non-hydrogen) atoms. The van der Waals surface area contributed by atoms with Gasteiger partial charge in [-0.15, -0.1) is 0 Å². The number of hydrogen-bond acceptors (Lipinski definition) is 2. The molecule has 0 aliphatic rings. The van der Waals surface area contributed by atoms with Crippen molar-refractivity contribution >= 4 is 21.6 Å². The molecule has 2 N–H and O–H groups in total. The van der Waals surface area contributed by atoms with Gasteiger partial charge in [0.25, 0.3) is 0 Å². The van der Waals surface area contributed by atoms with Gasteiger partial charge in [-0.2, -0.15) is 0 Å². The van der Waals surface area contributed by atoms with E-state index in [0.717, 1.165) is 17.4 Å². The van der Waals surface area contributed by atoms with Crippen molar-refractivity contribution in [3.8, 4) is 0 Å². The quantitative estimate of drug-likeness (QED) is 0.902. The summed E-state index contributed by atoms with van der Waals surface area (Å²) in [5, 5.41) is 0. The van der Waals surface area contributed by atoms with Crippen LogP contribution in [0.2, 0.25) is 0 Å². The van der Waals surface area contributed by atoms with Gasteiger partial charge in [-0.25, -0.2) is 0 Å². The van der Waals surface area contributed by atoms with Crippen LogP contribution in [0.15, 0.2) is 22.7 Å². The Balaban J connectivity index is 2.82. The van der Waals surface area contributed by atoms with Crippen molar-refractivity contribution < 1.29 is 0 Å². The van der Waals surface area contributed by atoms with Crippen LogP contribution >= 0.6 is 15.9 Å². The highest BCUT2D eigenvalue weighted by Gasteiger charge is 2.08. The van der Waals surface area contributed by atoms with Crippen LogP contribution in [0.3, 0.4) is 0 Å². The Morgan fingerprint density at radius 1 is 1.29 bits per heavy atom. The molecule has 0 radical (unpaired) electrons. The summed E-state index contributed by atoms with van der Waals surface area (Å²) in [6.45, 7) is 7.56. The minimum absolute atomic E-state index is 0.209. The Labute approximate surface area is 113 Å². The minimum atomic E-state index is 0.209. The normalized spacial score (nSPS) is 12.9. The summed E-state index contributed by atoms with van der Waals surface area (Å²) in [7, 11) is 2.13. The van der Waals surface area contributed by atoms with Crippen molar-refractivity contribution in [2.75, 3.05) is 18.5 Å². The predicted molar refractivity (Wildman–Crippen MR) is 79.6 cm³/mol. The van der Waals surface area contributed by atoms with Gasteiger partial charge in [-0.05, 0) is 52.9 Å². The van der Waals surface area contributed by atoms with E-state index >= 15 is 0 Å². The van der Waals surface area contributed by atoms with E-state index in [1.807, 2.05) is 6.92 Å². The summed E-state index contributed by atoms with van der Waals surface area (Å²) in [6.07, 6.45) is 0.923. The fourth-order valence-electron chi connectivity index (χ4n) is 2.00. The van der Waals surface area contributed by atoms with Gasteiger partial charge in [0.1, 0.15) is 0 Å². The van der Waals surface area contributed by atoms with Gasteiger partial charge in [0, 0.05) is 24.1 Å². The second-order valence-electron chi connectivity index (χ2n) is 5.24. The third-order valence-corrected chi connectivity index (χ3v) is 3.26. The highest BCUT2D eigenvalue weighted by atomic mass is 79.9. The fourth-order valence-corrected chi connectivity index (χ4v) is 2.73. The van der Waals surface area contributed by atoms with E-state index in [9.17, 15) is 0 Å². The smallest absolute Gasteiger partial charge is 0.0508 e. The van der Waals surface area contributed by atoms with Crippen molar-refractivity contribution in [3.05, 3.63) is 28.2 Å². The zero-order chi connectivity index (χ0) is 13.0. The fraction of sp³-hybridized carbons (Fsp3) is 0.571. The second-order valence-corrected chi connectivity index (χ2v) is 6.10. The lowest BCUT2D eigenvalue weighted by Crippen LogP contribution is -2.23. The van der Waals surface area contributed by atoms with Crippen LogP contribution in [-0.2, 0) is 6.42 Å². The molecule has 1 aromatic carbocycles. The summed E-state index contributed by atoms with van der Waals surface area (Å²) >= 11 is 3.65.